The second-order valence-corrected chi connectivity index (χ2v) is 6.14. The van der Waals surface area contributed by atoms with Crippen LogP contribution in [0.1, 0.15) is 31.2 Å². The van der Waals surface area contributed by atoms with E-state index in [1.165, 1.54) is 5.56 Å². The quantitative estimate of drug-likeness (QED) is 0.866. The Bertz CT molecular complexity index is 511. The van der Waals surface area contributed by atoms with Gasteiger partial charge in [-0.05, 0) is 24.8 Å². The van der Waals surface area contributed by atoms with Crippen LogP contribution in [0.5, 0.6) is 0 Å². The van der Waals surface area contributed by atoms with Gasteiger partial charge in [-0.15, -0.1) is 0 Å². The summed E-state index contributed by atoms with van der Waals surface area (Å²) in [4.78, 5) is 25.7. The third kappa shape index (κ3) is 3.84. The second-order valence-electron chi connectivity index (χ2n) is 6.14. The highest BCUT2D eigenvalue weighted by molar-refractivity contribution is 5.80. The molecule has 112 valence electrons. The number of nitrogens with one attached hydrogen (secondary N) is 1. The van der Waals surface area contributed by atoms with Crippen LogP contribution >= 0.6 is 0 Å². The number of carbonyl (C=O) groups is 2. The first kappa shape index (κ1) is 14.1. The molecule has 1 heterocycles. The van der Waals surface area contributed by atoms with Crippen molar-refractivity contribution in [2.24, 2.45) is 5.92 Å². The Morgan fingerprint density at radius 3 is 2.71 bits per heavy atom. The number of nitrogens with zero attached hydrogens (tertiary/aromatic N) is 1. The highest BCUT2D eigenvalue weighted by Gasteiger charge is 2.39. The summed E-state index contributed by atoms with van der Waals surface area (Å²) in [6.45, 7) is 1.45. The summed E-state index contributed by atoms with van der Waals surface area (Å²) in [7, 11) is 0. The largest absolute Gasteiger partial charge is 0.356 e. The average Bonchev–Trinajstić information content (AvgIpc) is 3.27. The molecule has 0 spiro atoms. The lowest BCUT2D eigenvalue weighted by Crippen LogP contribution is -2.32. The molecule has 1 saturated heterocycles. The monoisotopic (exact) mass is 286 g/mol. The predicted octanol–water partition coefficient (Wildman–Crippen LogP) is 1.75. The first-order valence-corrected chi connectivity index (χ1v) is 7.82. The summed E-state index contributed by atoms with van der Waals surface area (Å²) in [5.41, 5.74) is 1.18. The van der Waals surface area contributed by atoms with Crippen molar-refractivity contribution < 1.29 is 9.59 Å². The zero-order chi connectivity index (χ0) is 14.7. The molecule has 1 aromatic carbocycles. The molecule has 21 heavy (non-hydrogen) atoms. The summed E-state index contributed by atoms with van der Waals surface area (Å²) < 4.78 is 0. The number of aryl methyl sites for hydroxylation is 1. The van der Waals surface area contributed by atoms with E-state index in [9.17, 15) is 9.59 Å². The highest BCUT2D eigenvalue weighted by Crippen LogP contribution is 2.32. The van der Waals surface area contributed by atoms with E-state index < -0.39 is 0 Å². The van der Waals surface area contributed by atoms with Crippen molar-refractivity contribution in [1.82, 2.24) is 10.2 Å². The van der Waals surface area contributed by atoms with Crippen molar-refractivity contribution >= 4 is 11.8 Å². The number of rotatable bonds is 6. The maximum atomic E-state index is 11.9. The van der Waals surface area contributed by atoms with Crippen LogP contribution in [0.4, 0.5) is 0 Å². The van der Waals surface area contributed by atoms with Crippen molar-refractivity contribution in [3.05, 3.63) is 35.9 Å². The zero-order valence-corrected chi connectivity index (χ0v) is 12.3. The van der Waals surface area contributed by atoms with Crippen LogP contribution in [0.3, 0.4) is 0 Å². The molecule has 3 rings (SSSR count). The molecule has 0 aromatic heterocycles. The lowest BCUT2D eigenvalue weighted by atomic mass is 10.1. The second kappa shape index (κ2) is 6.29. The molecule has 1 aromatic rings. The van der Waals surface area contributed by atoms with Crippen molar-refractivity contribution in [2.75, 3.05) is 13.1 Å². The standard InChI is InChI=1S/C17H22N2O2/c20-16(9-6-13-4-2-1-3-5-13)18-11-14-10-17(21)19(12-14)15-7-8-15/h1-5,14-15H,6-12H2,(H,18,20). The fourth-order valence-corrected chi connectivity index (χ4v) is 2.93. The van der Waals surface area contributed by atoms with Crippen LogP contribution < -0.4 is 5.32 Å². The first-order valence-electron chi connectivity index (χ1n) is 7.82. The van der Waals surface area contributed by atoms with E-state index in [1.807, 2.05) is 35.2 Å². The maximum Gasteiger partial charge on any atom is 0.223 e. The molecule has 2 amide bonds. The number of likely N-dealkylation sites (tertiary alicyclic amines) is 1. The molecule has 2 fully saturated rings. The summed E-state index contributed by atoms with van der Waals surface area (Å²) in [6.07, 6.45) is 4.18. The van der Waals surface area contributed by atoms with Gasteiger partial charge < -0.3 is 10.2 Å². The lowest BCUT2D eigenvalue weighted by Gasteiger charge is -2.15. The molecule has 1 unspecified atom stereocenters. The Hall–Kier alpha value is -1.84. The Kier molecular flexibility index (Phi) is 4.23. The first-order chi connectivity index (χ1) is 10.2. The minimum atomic E-state index is 0.0798. The van der Waals surface area contributed by atoms with Gasteiger partial charge in [0.15, 0.2) is 0 Å². The fourth-order valence-electron chi connectivity index (χ4n) is 2.93. The van der Waals surface area contributed by atoms with Crippen LogP contribution in [0, 0.1) is 5.92 Å². The molecular formula is C17H22N2O2. The summed E-state index contributed by atoms with van der Waals surface area (Å²) in [5.74, 6) is 0.635. The van der Waals surface area contributed by atoms with Gasteiger partial charge in [0, 0.05) is 37.9 Å². The molecule has 1 aliphatic carbocycles. The number of hydrogen-bond donors (Lipinski definition) is 1. The third-order valence-corrected chi connectivity index (χ3v) is 4.30. The van der Waals surface area contributed by atoms with Crippen LogP contribution in [0.15, 0.2) is 30.3 Å². The van der Waals surface area contributed by atoms with Crippen molar-refractivity contribution in [1.29, 1.82) is 0 Å². The summed E-state index contributed by atoms with van der Waals surface area (Å²) in [5, 5.41) is 2.98. The third-order valence-electron chi connectivity index (χ3n) is 4.30. The van der Waals surface area contributed by atoms with Gasteiger partial charge in [0.25, 0.3) is 0 Å². The van der Waals surface area contributed by atoms with Crippen molar-refractivity contribution in [3.8, 4) is 0 Å². The van der Waals surface area contributed by atoms with Crippen LogP contribution in [-0.2, 0) is 16.0 Å². The molecular weight excluding hydrogens is 264 g/mol. The Morgan fingerprint density at radius 1 is 1.24 bits per heavy atom. The van der Waals surface area contributed by atoms with Gasteiger partial charge in [-0.25, -0.2) is 0 Å². The van der Waals surface area contributed by atoms with E-state index in [0.717, 1.165) is 25.8 Å². The average molecular weight is 286 g/mol. The smallest absolute Gasteiger partial charge is 0.223 e. The Labute approximate surface area is 125 Å². The number of amides is 2. The van der Waals surface area contributed by atoms with Gasteiger partial charge in [-0.3, -0.25) is 9.59 Å². The van der Waals surface area contributed by atoms with Gasteiger partial charge in [0.2, 0.25) is 11.8 Å². The molecule has 2 aliphatic rings. The normalized spacial score (nSPS) is 21.6. The number of carbonyl (C=O) groups excluding carboxylic acids is 2. The van der Waals surface area contributed by atoms with E-state index in [-0.39, 0.29) is 11.8 Å². The van der Waals surface area contributed by atoms with Crippen molar-refractivity contribution in [2.45, 2.75) is 38.1 Å². The molecule has 1 saturated carbocycles. The van der Waals surface area contributed by atoms with Gasteiger partial charge in [-0.2, -0.15) is 0 Å². The van der Waals surface area contributed by atoms with Gasteiger partial charge in [0.1, 0.15) is 0 Å². The molecule has 0 bridgehead atoms. The lowest BCUT2D eigenvalue weighted by molar-refractivity contribution is -0.128. The molecule has 4 nitrogen and oxygen atoms in total. The minimum Gasteiger partial charge on any atom is -0.356 e. The van der Waals surface area contributed by atoms with Crippen LogP contribution in [0.25, 0.3) is 0 Å². The van der Waals surface area contributed by atoms with Gasteiger partial charge in [-0.1, -0.05) is 30.3 Å². The summed E-state index contributed by atoms with van der Waals surface area (Å²) in [6, 6.07) is 10.5. The summed E-state index contributed by atoms with van der Waals surface area (Å²) >= 11 is 0. The van der Waals surface area contributed by atoms with Gasteiger partial charge >= 0.3 is 0 Å². The molecule has 1 atom stereocenters. The maximum absolute atomic E-state index is 11.9. The predicted molar refractivity (Wildman–Crippen MR) is 80.6 cm³/mol. The fraction of sp³-hybridized carbons (Fsp3) is 0.529. The van der Waals surface area contributed by atoms with Crippen LogP contribution in [0.2, 0.25) is 0 Å². The van der Waals surface area contributed by atoms with E-state index in [4.69, 9.17) is 0 Å². The van der Waals surface area contributed by atoms with Crippen LogP contribution in [-0.4, -0.2) is 35.8 Å². The van der Waals surface area contributed by atoms with E-state index in [1.54, 1.807) is 0 Å². The SMILES string of the molecule is O=C(CCc1ccccc1)NCC1CC(=O)N(C2CC2)C1. The van der Waals surface area contributed by atoms with E-state index >= 15 is 0 Å². The zero-order valence-electron chi connectivity index (χ0n) is 12.3. The van der Waals surface area contributed by atoms with Crippen molar-refractivity contribution in [3.63, 3.8) is 0 Å². The topological polar surface area (TPSA) is 49.4 Å². The van der Waals surface area contributed by atoms with E-state index in [2.05, 4.69) is 5.32 Å². The number of hydrogen-bond acceptors (Lipinski definition) is 2. The number of benzene rings is 1. The highest BCUT2D eigenvalue weighted by atomic mass is 16.2. The molecule has 0 radical (unpaired) electrons. The Balaban J connectivity index is 1.37. The molecule has 1 aliphatic heterocycles. The Morgan fingerprint density at radius 2 is 2.00 bits per heavy atom. The van der Waals surface area contributed by atoms with Gasteiger partial charge in [0.05, 0.1) is 0 Å². The minimum absolute atomic E-state index is 0.0798. The van der Waals surface area contributed by atoms with E-state index in [0.29, 0.717) is 31.3 Å². The molecule has 1 N–H and O–H groups in total. The molecule has 4 heteroatoms.